The smallest absolute Gasteiger partial charge is 0.244 e. The lowest BCUT2D eigenvalue weighted by atomic mass is 10.0. The van der Waals surface area contributed by atoms with Gasteiger partial charge in [0.05, 0.1) is 29.7 Å². The topological polar surface area (TPSA) is 74.6 Å². The zero-order valence-corrected chi connectivity index (χ0v) is 15.5. The predicted molar refractivity (Wildman–Crippen MR) is 107 cm³/mol. The van der Waals surface area contributed by atoms with Crippen molar-refractivity contribution in [3.63, 3.8) is 0 Å². The molecule has 2 atom stereocenters. The van der Waals surface area contributed by atoms with E-state index in [-0.39, 0.29) is 24.4 Å². The van der Waals surface area contributed by atoms with Crippen LogP contribution in [0.4, 0.5) is 11.4 Å². The Balaban J connectivity index is 1.59. The Hall–Kier alpha value is -3.38. The van der Waals surface area contributed by atoms with Gasteiger partial charge in [-0.05, 0) is 36.8 Å². The van der Waals surface area contributed by atoms with Crippen molar-refractivity contribution in [1.82, 2.24) is 5.32 Å². The van der Waals surface area contributed by atoms with E-state index in [9.17, 15) is 9.59 Å². The average Bonchev–Trinajstić information content (AvgIpc) is 3.25. The molecule has 6 heteroatoms. The van der Waals surface area contributed by atoms with E-state index in [1.165, 1.54) is 4.90 Å². The number of nitrogens with zero attached hydrogens (tertiary/aromatic N) is 1. The lowest BCUT2D eigenvalue weighted by molar-refractivity contribution is -0.123. The van der Waals surface area contributed by atoms with Gasteiger partial charge in [-0.3, -0.25) is 19.8 Å². The third-order valence-electron chi connectivity index (χ3n) is 4.78. The van der Waals surface area contributed by atoms with E-state index in [2.05, 4.69) is 10.6 Å². The molecule has 2 heterocycles. The monoisotopic (exact) mass is 375 g/mol. The minimum Gasteiger partial charge on any atom is -0.467 e. The van der Waals surface area contributed by atoms with Crippen LogP contribution in [0.2, 0.25) is 0 Å². The van der Waals surface area contributed by atoms with E-state index in [4.69, 9.17) is 4.42 Å². The first kappa shape index (κ1) is 18.0. The molecule has 2 aromatic carbocycles. The summed E-state index contributed by atoms with van der Waals surface area (Å²) in [6.07, 6.45) is 1.62. The number of fused-ring (bicyclic) bond motifs is 1. The summed E-state index contributed by atoms with van der Waals surface area (Å²) in [5, 5.41) is 6.17. The molecule has 0 saturated heterocycles. The number of furan rings is 1. The number of carbonyl (C=O) groups is 2. The van der Waals surface area contributed by atoms with Gasteiger partial charge in [-0.2, -0.15) is 0 Å². The fourth-order valence-electron chi connectivity index (χ4n) is 3.43. The first-order valence-electron chi connectivity index (χ1n) is 9.18. The van der Waals surface area contributed by atoms with Crippen LogP contribution in [-0.4, -0.2) is 24.4 Å². The summed E-state index contributed by atoms with van der Waals surface area (Å²) in [5.74, 6) is 0.349. The van der Waals surface area contributed by atoms with E-state index < -0.39 is 6.04 Å². The van der Waals surface area contributed by atoms with Crippen molar-refractivity contribution < 1.29 is 14.0 Å². The first-order valence-corrected chi connectivity index (χ1v) is 9.18. The second-order valence-corrected chi connectivity index (χ2v) is 6.74. The molecule has 0 aliphatic carbocycles. The molecule has 6 nitrogen and oxygen atoms in total. The van der Waals surface area contributed by atoms with Gasteiger partial charge in [-0.15, -0.1) is 0 Å². The van der Waals surface area contributed by atoms with Crippen molar-refractivity contribution in [3.8, 4) is 0 Å². The molecule has 0 spiro atoms. The zero-order valence-electron chi connectivity index (χ0n) is 15.5. The van der Waals surface area contributed by atoms with Crippen LogP contribution in [0.5, 0.6) is 0 Å². The van der Waals surface area contributed by atoms with Crippen LogP contribution in [0.25, 0.3) is 0 Å². The largest absolute Gasteiger partial charge is 0.467 e. The van der Waals surface area contributed by atoms with Gasteiger partial charge in [0.25, 0.3) is 0 Å². The molecule has 1 aromatic heterocycles. The number of amides is 2. The average molecular weight is 375 g/mol. The summed E-state index contributed by atoms with van der Waals surface area (Å²) in [6, 6.07) is 20.0. The highest BCUT2D eigenvalue weighted by Gasteiger charge is 2.31. The second-order valence-electron chi connectivity index (χ2n) is 6.74. The molecule has 0 radical (unpaired) electrons. The van der Waals surface area contributed by atoms with E-state index in [1.807, 2.05) is 60.7 Å². The van der Waals surface area contributed by atoms with Gasteiger partial charge in [0, 0.05) is 0 Å². The van der Waals surface area contributed by atoms with E-state index in [0.717, 1.165) is 11.3 Å². The van der Waals surface area contributed by atoms with Crippen LogP contribution in [0.15, 0.2) is 77.4 Å². The van der Waals surface area contributed by atoms with Crippen LogP contribution < -0.4 is 15.5 Å². The highest BCUT2D eigenvalue weighted by Crippen LogP contribution is 2.30. The second kappa shape index (κ2) is 7.70. The van der Waals surface area contributed by atoms with Crippen molar-refractivity contribution >= 4 is 23.2 Å². The van der Waals surface area contributed by atoms with Crippen molar-refractivity contribution in [2.24, 2.45) is 0 Å². The summed E-state index contributed by atoms with van der Waals surface area (Å²) in [6.45, 7) is 1.80. The maximum absolute atomic E-state index is 13.2. The molecule has 2 N–H and O–H groups in total. The Morgan fingerprint density at radius 2 is 1.82 bits per heavy atom. The lowest BCUT2D eigenvalue weighted by Gasteiger charge is -2.32. The molecule has 0 saturated carbocycles. The highest BCUT2D eigenvalue weighted by atomic mass is 16.3. The number of hydrogen-bond acceptors (Lipinski definition) is 4. The van der Waals surface area contributed by atoms with Crippen molar-refractivity contribution in [2.45, 2.75) is 19.0 Å². The van der Waals surface area contributed by atoms with Gasteiger partial charge in [0.15, 0.2) is 0 Å². The van der Waals surface area contributed by atoms with Gasteiger partial charge < -0.3 is 9.73 Å². The van der Waals surface area contributed by atoms with Crippen LogP contribution >= 0.6 is 0 Å². The number of benzene rings is 2. The van der Waals surface area contributed by atoms with Crippen molar-refractivity contribution in [3.05, 3.63) is 84.3 Å². The predicted octanol–water partition coefficient (Wildman–Crippen LogP) is 3.33. The fourth-order valence-corrected chi connectivity index (χ4v) is 3.43. The Kier molecular flexibility index (Phi) is 4.95. The summed E-state index contributed by atoms with van der Waals surface area (Å²) in [7, 11) is 0. The minimum atomic E-state index is -0.533. The molecule has 0 bridgehead atoms. The van der Waals surface area contributed by atoms with Gasteiger partial charge in [0.2, 0.25) is 11.8 Å². The van der Waals surface area contributed by atoms with Crippen molar-refractivity contribution in [2.75, 3.05) is 16.8 Å². The zero-order chi connectivity index (χ0) is 19.5. The first-order chi connectivity index (χ1) is 13.6. The van der Waals surface area contributed by atoms with Gasteiger partial charge in [-0.1, -0.05) is 42.5 Å². The number of anilines is 2. The van der Waals surface area contributed by atoms with E-state index in [0.29, 0.717) is 11.4 Å². The summed E-state index contributed by atoms with van der Waals surface area (Å²) >= 11 is 0. The molecule has 4 rings (SSSR count). The highest BCUT2D eigenvalue weighted by molar-refractivity contribution is 6.11. The Morgan fingerprint density at radius 3 is 2.57 bits per heavy atom. The molecule has 1 aliphatic rings. The van der Waals surface area contributed by atoms with Crippen LogP contribution in [-0.2, 0) is 9.59 Å². The molecule has 2 amide bonds. The number of rotatable bonds is 5. The molecular weight excluding hydrogens is 354 g/mol. The van der Waals surface area contributed by atoms with E-state index >= 15 is 0 Å². The third-order valence-corrected chi connectivity index (χ3v) is 4.78. The molecule has 0 unspecified atom stereocenters. The Morgan fingerprint density at radius 1 is 1.07 bits per heavy atom. The Labute approximate surface area is 163 Å². The van der Waals surface area contributed by atoms with E-state index in [1.54, 1.807) is 19.3 Å². The SMILES string of the molecule is C[C@@H](N[C@H](c1ccccc1)c1ccco1)C(=O)N1CC(=O)Nc2ccccc21. The molecule has 0 fully saturated rings. The number of para-hydroxylation sites is 2. The van der Waals surface area contributed by atoms with Gasteiger partial charge >= 0.3 is 0 Å². The minimum absolute atomic E-state index is 0.00137. The summed E-state index contributed by atoms with van der Waals surface area (Å²) in [4.78, 5) is 26.8. The standard InChI is InChI=1S/C22H21N3O3/c1-15(22(27)25-14-20(26)24-17-10-5-6-11-18(17)25)23-21(19-12-7-13-28-19)16-8-3-2-4-9-16/h2-13,15,21,23H,14H2,1H3,(H,24,26)/t15-,21-/m1/s1. The number of nitrogens with one attached hydrogen (secondary N) is 2. The maximum Gasteiger partial charge on any atom is 0.244 e. The molecule has 142 valence electrons. The summed E-state index contributed by atoms with van der Waals surface area (Å²) in [5.41, 5.74) is 2.34. The number of carbonyl (C=O) groups excluding carboxylic acids is 2. The normalized spacial score (nSPS) is 15.5. The molecule has 3 aromatic rings. The third kappa shape index (κ3) is 3.54. The molecule has 28 heavy (non-hydrogen) atoms. The van der Waals surface area contributed by atoms with Crippen LogP contribution in [0.1, 0.15) is 24.3 Å². The maximum atomic E-state index is 13.2. The number of hydrogen-bond donors (Lipinski definition) is 2. The fraction of sp³-hybridized carbons (Fsp3) is 0.182. The van der Waals surface area contributed by atoms with Gasteiger partial charge in [-0.25, -0.2) is 0 Å². The molecule has 1 aliphatic heterocycles. The van der Waals surface area contributed by atoms with Gasteiger partial charge in [0.1, 0.15) is 12.3 Å². The summed E-state index contributed by atoms with van der Waals surface area (Å²) < 4.78 is 5.60. The Bertz CT molecular complexity index is 970. The quantitative estimate of drug-likeness (QED) is 0.717. The molecular formula is C22H21N3O3. The lowest BCUT2D eigenvalue weighted by Crippen LogP contribution is -2.50. The van der Waals surface area contributed by atoms with Crippen molar-refractivity contribution in [1.29, 1.82) is 0 Å². The van der Waals surface area contributed by atoms with Crippen LogP contribution in [0.3, 0.4) is 0 Å². The van der Waals surface area contributed by atoms with Crippen LogP contribution in [0, 0.1) is 0 Å².